The lowest BCUT2D eigenvalue weighted by Crippen LogP contribution is -2.35. The normalized spacial score (nSPS) is 18.2. The van der Waals surface area contributed by atoms with Crippen molar-refractivity contribution >= 4 is 29.0 Å². The molecule has 6 nitrogen and oxygen atoms in total. The van der Waals surface area contributed by atoms with Gasteiger partial charge < -0.3 is 15.7 Å². The van der Waals surface area contributed by atoms with Crippen LogP contribution in [-0.2, 0) is 0 Å². The van der Waals surface area contributed by atoms with E-state index in [1.807, 2.05) is 0 Å². The minimum Gasteiger partial charge on any atom is -0.508 e. The molecule has 4 rings (SSSR count). The second kappa shape index (κ2) is 7.77. The lowest BCUT2D eigenvalue weighted by atomic mass is 9.97. The Morgan fingerprint density at radius 3 is 2.58 bits per heavy atom. The number of nitrogens with zero attached hydrogens (tertiary/aromatic N) is 2. The number of hydrogen-bond acceptors (Lipinski definition) is 4. The Hall–Kier alpha value is -3.27. The zero-order valence-electron chi connectivity index (χ0n) is 15.6. The lowest BCUT2D eigenvalue weighted by Gasteiger charge is -2.33. The maximum atomic E-state index is 13.8. The molecule has 0 aliphatic carbocycles. The first-order chi connectivity index (χ1) is 14.6. The van der Waals surface area contributed by atoms with E-state index < -0.39 is 42.1 Å². The van der Waals surface area contributed by atoms with Crippen molar-refractivity contribution in [3.05, 3.63) is 70.6 Å². The fourth-order valence-electron chi connectivity index (χ4n) is 3.42. The molecular formula is C20H15ClF4N4O2. The van der Waals surface area contributed by atoms with E-state index in [4.69, 9.17) is 11.6 Å². The average Bonchev–Trinajstić information content (AvgIpc) is 3.04. The largest absolute Gasteiger partial charge is 0.508 e. The second-order valence-corrected chi connectivity index (χ2v) is 7.38. The number of carbonyl (C=O) groups excluding carboxylic acids is 1. The molecule has 0 spiro atoms. The molecule has 0 fully saturated rings. The number of amides is 1. The first kappa shape index (κ1) is 21.0. The highest BCUT2D eigenvalue weighted by Crippen LogP contribution is 2.46. The Morgan fingerprint density at radius 1 is 1.23 bits per heavy atom. The van der Waals surface area contributed by atoms with Crippen LogP contribution in [0.5, 0.6) is 5.75 Å². The third kappa shape index (κ3) is 4.15. The van der Waals surface area contributed by atoms with Crippen LogP contribution in [0.2, 0.25) is 5.02 Å². The van der Waals surface area contributed by atoms with Gasteiger partial charge in [-0.25, -0.2) is 9.07 Å². The van der Waals surface area contributed by atoms with E-state index in [-0.39, 0.29) is 22.3 Å². The van der Waals surface area contributed by atoms with Gasteiger partial charge in [-0.3, -0.25) is 4.79 Å². The number of alkyl halides is 3. The molecular weight excluding hydrogens is 440 g/mol. The van der Waals surface area contributed by atoms with Crippen molar-refractivity contribution < 1.29 is 27.5 Å². The highest BCUT2D eigenvalue weighted by molar-refractivity contribution is 6.36. The van der Waals surface area contributed by atoms with Crippen molar-refractivity contribution in [2.24, 2.45) is 0 Å². The first-order valence-electron chi connectivity index (χ1n) is 9.10. The van der Waals surface area contributed by atoms with Crippen LogP contribution >= 0.6 is 11.6 Å². The summed E-state index contributed by atoms with van der Waals surface area (Å²) in [4.78, 5) is 12.6. The second-order valence-electron chi connectivity index (χ2n) is 7.00. The number of nitrogens with one attached hydrogen (secondary N) is 2. The topological polar surface area (TPSA) is 79.2 Å². The zero-order chi connectivity index (χ0) is 22.3. The van der Waals surface area contributed by atoms with Crippen LogP contribution in [0.15, 0.2) is 48.5 Å². The molecule has 2 aromatic carbocycles. The van der Waals surface area contributed by atoms with Gasteiger partial charge in [-0.2, -0.15) is 18.3 Å². The Morgan fingerprint density at radius 2 is 1.94 bits per heavy atom. The van der Waals surface area contributed by atoms with Gasteiger partial charge in [-0.1, -0.05) is 29.8 Å². The van der Waals surface area contributed by atoms with Crippen molar-refractivity contribution in [3.8, 4) is 5.75 Å². The van der Waals surface area contributed by atoms with Gasteiger partial charge in [0.25, 0.3) is 5.91 Å². The molecule has 2 heterocycles. The smallest absolute Gasteiger partial charge is 0.410 e. The molecule has 31 heavy (non-hydrogen) atoms. The number of benzene rings is 2. The summed E-state index contributed by atoms with van der Waals surface area (Å²) in [6.45, 7) is 0. The molecule has 1 aliphatic rings. The molecule has 0 unspecified atom stereocenters. The molecule has 1 aromatic heterocycles. The molecule has 162 valence electrons. The maximum absolute atomic E-state index is 13.8. The Balaban J connectivity index is 1.70. The molecule has 3 aromatic rings. The van der Waals surface area contributed by atoms with Crippen molar-refractivity contribution in [1.82, 2.24) is 9.78 Å². The van der Waals surface area contributed by atoms with E-state index in [1.54, 1.807) is 0 Å². The summed E-state index contributed by atoms with van der Waals surface area (Å²) in [6, 6.07) is 7.85. The number of carbonyl (C=O) groups is 1. The van der Waals surface area contributed by atoms with Crippen LogP contribution in [0.25, 0.3) is 0 Å². The molecule has 11 heteroatoms. The predicted molar refractivity (Wildman–Crippen MR) is 106 cm³/mol. The van der Waals surface area contributed by atoms with Crippen LogP contribution in [0.1, 0.15) is 34.6 Å². The molecule has 1 amide bonds. The summed E-state index contributed by atoms with van der Waals surface area (Å²) in [6.07, 6.45) is -5.09. The van der Waals surface area contributed by atoms with Crippen LogP contribution in [0.4, 0.5) is 29.1 Å². The number of hydrogen-bond donors (Lipinski definition) is 3. The predicted octanol–water partition coefficient (Wildman–Crippen LogP) is 5.29. The van der Waals surface area contributed by atoms with Crippen LogP contribution in [-0.4, -0.2) is 27.0 Å². The number of anilines is 2. The maximum Gasteiger partial charge on any atom is 0.410 e. The Labute approximate surface area is 178 Å². The zero-order valence-corrected chi connectivity index (χ0v) is 16.4. The third-order valence-corrected chi connectivity index (χ3v) is 5.25. The summed E-state index contributed by atoms with van der Waals surface area (Å²) in [5.74, 6) is -1.61. The summed E-state index contributed by atoms with van der Waals surface area (Å²) in [5.41, 5.74) is 0.253. The average molecular weight is 455 g/mol. The Kier molecular flexibility index (Phi) is 5.26. The number of fused-ring (bicyclic) bond motifs is 1. The third-order valence-electron chi connectivity index (χ3n) is 4.89. The molecule has 3 N–H and O–H groups in total. The highest BCUT2D eigenvalue weighted by Gasteiger charge is 2.47. The van der Waals surface area contributed by atoms with Gasteiger partial charge in [0.1, 0.15) is 22.4 Å². The number of aromatic nitrogens is 2. The van der Waals surface area contributed by atoms with Gasteiger partial charge >= 0.3 is 6.18 Å². The van der Waals surface area contributed by atoms with Gasteiger partial charge in [0.2, 0.25) is 0 Å². The minimum absolute atomic E-state index is 0.103. The van der Waals surface area contributed by atoms with Crippen molar-refractivity contribution in [1.29, 1.82) is 0 Å². The van der Waals surface area contributed by atoms with Gasteiger partial charge in [0.05, 0.1) is 6.04 Å². The van der Waals surface area contributed by atoms with E-state index in [9.17, 15) is 27.5 Å². The number of aromatic hydroxyl groups is 1. The monoisotopic (exact) mass is 454 g/mol. The number of halogens is 5. The van der Waals surface area contributed by atoms with E-state index in [1.165, 1.54) is 36.4 Å². The van der Waals surface area contributed by atoms with E-state index in [2.05, 4.69) is 15.7 Å². The molecule has 0 saturated carbocycles. The first-order valence-corrected chi connectivity index (χ1v) is 9.48. The number of phenolic OH excluding ortho intramolecular Hbond substituents is 1. The van der Waals surface area contributed by atoms with E-state index >= 15 is 0 Å². The van der Waals surface area contributed by atoms with E-state index in [0.29, 0.717) is 10.2 Å². The number of phenols is 1. The van der Waals surface area contributed by atoms with Crippen molar-refractivity contribution in [2.75, 3.05) is 10.6 Å². The van der Waals surface area contributed by atoms with Crippen molar-refractivity contribution in [3.63, 3.8) is 0 Å². The minimum atomic E-state index is -4.66. The molecule has 0 saturated heterocycles. The van der Waals surface area contributed by atoms with E-state index in [0.717, 1.165) is 12.1 Å². The fourth-order valence-corrected chi connectivity index (χ4v) is 3.69. The molecule has 2 atom stereocenters. The van der Waals surface area contributed by atoms with Gasteiger partial charge in [0, 0.05) is 18.2 Å². The Bertz CT molecular complexity index is 1130. The summed E-state index contributed by atoms with van der Waals surface area (Å²) in [5, 5.41) is 18.4. The molecule has 0 bridgehead atoms. The standard InChI is InChI=1S/C20H15ClF4N4O2/c21-16-17(19(31)26-12-2-1-3-13(30)8-12)28-29-15(20(23,24)25)9-14(27-18(16)29)10-4-6-11(22)7-5-10/h1-8,14-15,27,30H,9H2,(H,26,31)/t14-,15+/m1/s1. The quantitative estimate of drug-likeness (QED) is 0.470. The summed E-state index contributed by atoms with van der Waals surface area (Å²) < 4.78 is 55.2. The van der Waals surface area contributed by atoms with Crippen LogP contribution < -0.4 is 10.6 Å². The number of rotatable bonds is 3. The molecule has 1 aliphatic heterocycles. The highest BCUT2D eigenvalue weighted by atomic mass is 35.5. The van der Waals surface area contributed by atoms with Crippen molar-refractivity contribution in [2.45, 2.75) is 24.7 Å². The molecule has 0 radical (unpaired) electrons. The van der Waals surface area contributed by atoms with Gasteiger partial charge in [-0.15, -0.1) is 0 Å². The summed E-state index contributed by atoms with van der Waals surface area (Å²) in [7, 11) is 0. The lowest BCUT2D eigenvalue weighted by molar-refractivity contribution is -0.173. The summed E-state index contributed by atoms with van der Waals surface area (Å²) >= 11 is 6.24. The van der Waals surface area contributed by atoms with Crippen LogP contribution in [0, 0.1) is 5.82 Å². The van der Waals surface area contributed by atoms with Gasteiger partial charge in [-0.05, 0) is 29.8 Å². The van der Waals surface area contributed by atoms with Gasteiger partial charge in [0.15, 0.2) is 11.7 Å². The SMILES string of the molecule is O=C(Nc1cccc(O)c1)c1nn2c(c1Cl)N[C@@H](c1ccc(F)cc1)C[C@H]2C(F)(F)F. The van der Waals surface area contributed by atoms with Crippen LogP contribution in [0.3, 0.4) is 0 Å². The fraction of sp³-hybridized carbons (Fsp3) is 0.200.